The van der Waals surface area contributed by atoms with Crippen molar-refractivity contribution in [3.05, 3.63) is 99.0 Å². The summed E-state index contributed by atoms with van der Waals surface area (Å²) in [6, 6.07) is 13.4. The molecule has 0 saturated heterocycles. The first kappa shape index (κ1) is 20.3. The van der Waals surface area contributed by atoms with Crippen molar-refractivity contribution in [3.63, 3.8) is 0 Å². The first-order valence-electron chi connectivity index (χ1n) is 8.95. The van der Waals surface area contributed by atoms with Gasteiger partial charge in [-0.3, -0.25) is 9.59 Å². The number of hydrogen-bond acceptors (Lipinski definition) is 2. The summed E-state index contributed by atoms with van der Waals surface area (Å²) in [6.45, 7) is -0.363. The number of benzene rings is 3. The van der Waals surface area contributed by atoms with Crippen LogP contribution in [-0.2, 0) is 4.79 Å². The second-order valence-electron chi connectivity index (χ2n) is 6.76. The SMILES string of the molecule is O=C1CN(C(=O)c2c(F)cccc2Cl)[C@@H](c2ccc(F)cc2)c2cc(Cl)ccc2N1. The average molecular weight is 447 g/mol. The maximum absolute atomic E-state index is 14.5. The molecule has 0 aromatic heterocycles. The van der Waals surface area contributed by atoms with Crippen LogP contribution in [0.25, 0.3) is 0 Å². The van der Waals surface area contributed by atoms with Crippen LogP contribution < -0.4 is 5.32 Å². The van der Waals surface area contributed by atoms with Crippen molar-refractivity contribution < 1.29 is 18.4 Å². The monoisotopic (exact) mass is 446 g/mol. The average Bonchev–Trinajstić information content (AvgIpc) is 2.84. The molecule has 0 unspecified atom stereocenters. The van der Waals surface area contributed by atoms with Crippen LogP contribution in [0.5, 0.6) is 0 Å². The van der Waals surface area contributed by atoms with Crippen LogP contribution in [0, 0.1) is 11.6 Å². The number of halogens is 4. The van der Waals surface area contributed by atoms with E-state index in [1.54, 1.807) is 18.2 Å². The van der Waals surface area contributed by atoms with Crippen molar-refractivity contribution in [3.8, 4) is 0 Å². The number of amides is 2. The number of hydrogen-bond donors (Lipinski definition) is 1. The normalized spacial score (nSPS) is 15.9. The van der Waals surface area contributed by atoms with Crippen LogP contribution in [0.1, 0.15) is 27.5 Å². The Bertz CT molecular complexity index is 1130. The van der Waals surface area contributed by atoms with Crippen LogP contribution in [0.3, 0.4) is 0 Å². The van der Waals surface area contributed by atoms with Crippen molar-refractivity contribution in [2.45, 2.75) is 6.04 Å². The van der Waals surface area contributed by atoms with E-state index >= 15 is 0 Å². The molecule has 8 heteroatoms. The fourth-order valence-corrected chi connectivity index (χ4v) is 3.94. The number of carbonyl (C=O) groups is 2. The summed E-state index contributed by atoms with van der Waals surface area (Å²) >= 11 is 12.3. The zero-order valence-corrected chi connectivity index (χ0v) is 16.8. The molecule has 1 aliphatic rings. The van der Waals surface area contributed by atoms with E-state index in [-0.39, 0.29) is 17.1 Å². The number of anilines is 1. The molecule has 0 radical (unpaired) electrons. The third-order valence-corrected chi connectivity index (χ3v) is 5.38. The summed E-state index contributed by atoms with van der Waals surface area (Å²) in [4.78, 5) is 27.2. The van der Waals surface area contributed by atoms with Crippen molar-refractivity contribution in [2.75, 3.05) is 11.9 Å². The van der Waals surface area contributed by atoms with Gasteiger partial charge in [0.25, 0.3) is 5.91 Å². The van der Waals surface area contributed by atoms with E-state index in [1.165, 1.54) is 41.3 Å². The number of nitrogens with zero attached hydrogens (tertiary/aromatic N) is 1. The molecular formula is C22H14Cl2F2N2O2. The third-order valence-electron chi connectivity index (χ3n) is 4.83. The van der Waals surface area contributed by atoms with Gasteiger partial charge in [0, 0.05) is 16.3 Å². The fourth-order valence-electron chi connectivity index (χ4n) is 3.52. The molecule has 0 saturated carbocycles. The van der Waals surface area contributed by atoms with Gasteiger partial charge in [-0.1, -0.05) is 41.4 Å². The summed E-state index contributed by atoms with van der Waals surface area (Å²) in [5, 5.41) is 3.04. The van der Waals surface area contributed by atoms with Crippen LogP contribution in [0.15, 0.2) is 60.7 Å². The van der Waals surface area contributed by atoms with Gasteiger partial charge in [-0.2, -0.15) is 0 Å². The lowest BCUT2D eigenvalue weighted by Crippen LogP contribution is -2.39. The van der Waals surface area contributed by atoms with Gasteiger partial charge >= 0.3 is 0 Å². The van der Waals surface area contributed by atoms with Crippen molar-refractivity contribution in [1.29, 1.82) is 0 Å². The predicted molar refractivity (Wildman–Crippen MR) is 111 cm³/mol. The molecule has 4 rings (SSSR count). The summed E-state index contributed by atoms with van der Waals surface area (Å²) < 4.78 is 28.0. The smallest absolute Gasteiger partial charge is 0.259 e. The van der Waals surface area contributed by atoms with Gasteiger partial charge in [0.1, 0.15) is 18.2 Å². The number of carbonyl (C=O) groups excluding carboxylic acids is 2. The Morgan fingerprint density at radius 3 is 2.47 bits per heavy atom. The summed E-state index contributed by atoms with van der Waals surface area (Å²) in [5.74, 6) is -2.50. The Labute approximate surface area is 181 Å². The maximum Gasteiger partial charge on any atom is 0.259 e. The predicted octanol–water partition coefficient (Wildman–Crippen LogP) is 5.46. The van der Waals surface area contributed by atoms with E-state index in [9.17, 15) is 18.4 Å². The molecule has 1 heterocycles. The lowest BCUT2D eigenvalue weighted by Gasteiger charge is -2.31. The highest BCUT2D eigenvalue weighted by molar-refractivity contribution is 6.34. The molecule has 0 bridgehead atoms. The molecule has 1 N–H and O–H groups in total. The van der Waals surface area contributed by atoms with Crippen LogP contribution in [0.2, 0.25) is 10.0 Å². The largest absolute Gasteiger partial charge is 0.324 e. The number of fused-ring (bicyclic) bond motifs is 1. The van der Waals surface area contributed by atoms with Crippen molar-refractivity contribution in [2.24, 2.45) is 0 Å². The highest BCUT2D eigenvalue weighted by atomic mass is 35.5. The van der Waals surface area contributed by atoms with E-state index in [0.29, 0.717) is 21.8 Å². The number of nitrogens with one attached hydrogen (secondary N) is 1. The zero-order valence-electron chi connectivity index (χ0n) is 15.3. The van der Waals surface area contributed by atoms with Crippen LogP contribution >= 0.6 is 23.2 Å². The number of rotatable bonds is 2. The summed E-state index contributed by atoms with van der Waals surface area (Å²) in [6.07, 6.45) is 0. The lowest BCUT2D eigenvalue weighted by atomic mass is 9.95. The van der Waals surface area contributed by atoms with E-state index < -0.39 is 29.5 Å². The Kier molecular flexibility index (Phi) is 5.45. The van der Waals surface area contributed by atoms with Gasteiger partial charge in [-0.15, -0.1) is 0 Å². The molecule has 30 heavy (non-hydrogen) atoms. The first-order chi connectivity index (χ1) is 14.3. The highest BCUT2D eigenvalue weighted by Crippen LogP contribution is 2.38. The van der Waals surface area contributed by atoms with Gasteiger partial charge in [-0.05, 0) is 48.0 Å². The summed E-state index contributed by atoms with van der Waals surface area (Å²) in [5.41, 5.74) is 1.15. The van der Waals surface area contributed by atoms with Gasteiger partial charge in [0.15, 0.2) is 0 Å². The molecule has 1 aliphatic heterocycles. The van der Waals surface area contributed by atoms with E-state index in [4.69, 9.17) is 23.2 Å². The molecule has 0 aliphatic carbocycles. The Hall–Kier alpha value is -2.96. The van der Waals surface area contributed by atoms with Crippen molar-refractivity contribution in [1.82, 2.24) is 4.90 Å². The van der Waals surface area contributed by atoms with E-state index in [1.807, 2.05) is 0 Å². The van der Waals surface area contributed by atoms with E-state index in [2.05, 4.69) is 5.32 Å². The standard InChI is InChI=1S/C22H14Cl2F2N2O2/c23-13-6-9-18-15(10-13)21(12-4-7-14(25)8-5-12)28(11-19(29)27-18)22(30)20-16(24)2-1-3-17(20)26/h1-10,21H,11H2,(H,27,29)/t21-/m0/s1. The van der Waals surface area contributed by atoms with E-state index in [0.717, 1.165) is 6.07 Å². The quantitative estimate of drug-likeness (QED) is 0.568. The molecule has 0 spiro atoms. The molecular weight excluding hydrogens is 433 g/mol. The van der Waals surface area contributed by atoms with Gasteiger partial charge in [0.2, 0.25) is 5.91 Å². The minimum absolute atomic E-state index is 0.0752. The molecule has 3 aromatic rings. The molecule has 2 amide bonds. The molecule has 3 aromatic carbocycles. The highest BCUT2D eigenvalue weighted by Gasteiger charge is 2.35. The van der Waals surface area contributed by atoms with Crippen LogP contribution in [0.4, 0.5) is 14.5 Å². The second-order valence-corrected chi connectivity index (χ2v) is 7.61. The molecule has 4 nitrogen and oxygen atoms in total. The fraction of sp³-hybridized carbons (Fsp3) is 0.0909. The Morgan fingerprint density at radius 1 is 1.03 bits per heavy atom. The van der Waals surface area contributed by atoms with Crippen molar-refractivity contribution >= 4 is 40.7 Å². The van der Waals surface area contributed by atoms with Crippen LogP contribution in [-0.4, -0.2) is 23.3 Å². The Morgan fingerprint density at radius 2 is 1.77 bits per heavy atom. The minimum atomic E-state index is -0.832. The Balaban J connectivity index is 1.93. The van der Waals surface area contributed by atoms with Gasteiger partial charge < -0.3 is 10.2 Å². The van der Waals surface area contributed by atoms with Gasteiger partial charge in [-0.25, -0.2) is 8.78 Å². The molecule has 1 atom stereocenters. The molecule has 152 valence electrons. The zero-order chi connectivity index (χ0) is 21.4. The topological polar surface area (TPSA) is 49.4 Å². The maximum atomic E-state index is 14.5. The first-order valence-corrected chi connectivity index (χ1v) is 9.70. The minimum Gasteiger partial charge on any atom is -0.324 e. The second kappa shape index (κ2) is 8.05. The summed E-state index contributed by atoms with van der Waals surface area (Å²) in [7, 11) is 0. The third kappa shape index (κ3) is 3.76. The lowest BCUT2D eigenvalue weighted by molar-refractivity contribution is -0.117. The van der Waals surface area contributed by atoms with Gasteiger partial charge in [0.05, 0.1) is 16.6 Å². The molecule has 0 fully saturated rings.